The molecule has 9 nitrogen and oxygen atoms in total. The van der Waals surface area contributed by atoms with E-state index in [0.717, 1.165) is 14.6 Å². The maximum absolute atomic E-state index is 13.3. The normalized spacial score (nSPS) is 22.5. The molecule has 1 fully saturated rings. The summed E-state index contributed by atoms with van der Waals surface area (Å²) in [5, 5.41) is 11.6. The van der Waals surface area contributed by atoms with Crippen molar-refractivity contribution in [1.82, 2.24) is 19.9 Å². The Morgan fingerprint density at radius 1 is 1.23 bits per heavy atom. The lowest BCUT2D eigenvalue weighted by atomic mass is 10.1. The maximum Gasteiger partial charge on any atom is 0.325 e. The summed E-state index contributed by atoms with van der Waals surface area (Å²) in [6, 6.07) is 10.8. The fourth-order valence-electron chi connectivity index (χ4n) is 4.01. The van der Waals surface area contributed by atoms with Crippen LogP contribution in [0.4, 0.5) is 4.79 Å². The van der Waals surface area contributed by atoms with Gasteiger partial charge in [0.15, 0.2) is 11.9 Å². The van der Waals surface area contributed by atoms with Gasteiger partial charge in [-0.05, 0) is 65.4 Å². The second kappa shape index (κ2) is 7.68. The van der Waals surface area contributed by atoms with Crippen molar-refractivity contribution in [3.8, 4) is 5.75 Å². The number of imidazole rings is 1. The molecule has 2 aliphatic heterocycles. The third kappa shape index (κ3) is 3.30. The van der Waals surface area contributed by atoms with E-state index in [1.54, 1.807) is 29.0 Å². The Balaban J connectivity index is 1.44. The summed E-state index contributed by atoms with van der Waals surface area (Å²) in [5.41, 5.74) is 2.19. The Bertz CT molecular complexity index is 1180. The standard InChI is InChI=1S/C21H19IN4O5/c1-11-18(19-23-15-10-13(22)4-7-16(15)26(19)31-11)25-20(28)17(24-21(25)29)12-2-5-14(6-3-12)30-9-8-27/h2-7,10-11,17-18,27H,8-9H2,1H3,(H,24,29)/t11-,17-,18+/m1/s1. The number of aliphatic hydroxyl groups is 1. The highest BCUT2D eigenvalue weighted by atomic mass is 127. The lowest BCUT2D eigenvalue weighted by Crippen LogP contribution is -2.39. The minimum absolute atomic E-state index is 0.0839. The zero-order valence-corrected chi connectivity index (χ0v) is 18.6. The summed E-state index contributed by atoms with van der Waals surface area (Å²) >= 11 is 2.21. The van der Waals surface area contributed by atoms with Crippen LogP contribution < -0.4 is 14.9 Å². The van der Waals surface area contributed by atoms with Gasteiger partial charge in [-0.15, -0.1) is 0 Å². The number of fused-ring (bicyclic) bond motifs is 3. The van der Waals surface area contributed by atoms with Crippen molar-refractivity contribution in [1.29, 1.82) is 0 Å². The number of hydrogen-bond donors (Lipinski definition) is 2. The Labute approximate surface area is 191 Å². The first kappa shape index (κ1) is 20.1. The molecular formula is C21H19IN4O5. The number of urea groups is 1. The number of ether oxygens (including phenoxy) is 1. The number of aliphatic hydroxyl groups excluding tert-OH is 1. The number of nitrogens with zero attached hydrogens (tertiary/aromatic N) is 3. The molecule has 0 spiro atoms. The number of carbonyl (C=O) groups excluding carboxylic acids is 2. The van der Waals surface area contributed by atoms with Crippen LogP contribution in [0.15, 0.2) is 42.5 Å². The molecule has 31 heavy (non-hydrogen) atoms. The Kier molecular flexibility index (Phi) is 4.97. The topological polar surface area (TPSA) is 106 Å². The van der Waals surface area contributed by atoms with Crippen molar-refractivity contribution in [2.24, 2.45) is 0 Å². The first-order valence-corrected chi connectivity index (χ1v) is 10.9. The molecule has 0 aliphatic carbocycles. The molecule has 160 valence electrons. The second-order valence-electron chi connectivity index (χ2n) is 7.38. The summed E-state index contributed by atoms with van der Waals surface area (Å²) in [4.78, 5) is 37.9. The van der Waals surface area contributed by atoms with Gasteiger partial charge in [0.2, 0.25) is 0 Å². The predicted molar refractivity (Wildman–Crippen MR) is 118 cm³/mol. The highest BCUT2D eigenvalue weighted by molar-refractivity contribution is 14.1. The third-order valence-corrected chi connectivity index (χ3v) is 6.07. The molecule has 0 saturated carbocycles. The van der Waals surface area contributed by atoms with Crippen LogP contribution in [0.1, 0.15) is 30.4 Å². The molecule has 2 aromatic carbocycles. The minimum atomic E-state index is -0.800. The van der Waals surface area contributed by atoms with Crippen LogP contribution in [0, 0.1) is 3.57 Å². The smallest absolute Gasteiger partial charge is 0.325 e. The number of hydrogen-bond acceptors (Lipinski definition) is 6. The zero-order chi connectivity index (χ0) is 21.7. The molecule has 0 radical (unpaired) electrons. The monoisotopic (exact) mass is 534 g/mol. The van der Waals surface area contributed by atoms with Crippen molar-refractivity contribution in [3.63, 3.8) is 0 Å². The third-order valence-electron chi connectivity index (χ3n) is 5.40. The van der Waals surface area contributed by atoms with E-state index in [0.29, 0.717) is 17.1 Å². The van der Waals surface area contributed by atoms with Crippen molar-refractivity contribution in [3.05, 3.63) is 57.4 Å². The summed E-state index contributed by atoms with van der Waals surface area (Å²) in [6.45, 7) is 1.92. The number of carbonyl (C=O) groups is 2. The summed E-state index contributed by atoms with van der Waals surface area (Å²) in [6.07, 6.45) is -0.436. The average Bonchev–Trinajstić information content (AvgIpc) is 3.35. The highest BCUT2D eigenvalue weighted by Gasteiger charge is 2.50. The first-order valence-electron chi connectivity index (χ1n) is 9.80. The van der Waals surface area contributed by atoms with E-state index in [4.69, 9.17) is 14.7 Å². The number of nitrogens with one attached hydrogen (secondary N) is 1. The predicted octanol–water partition coefficient (Wildman–Crippen LogP) is 2.18. The first-order chi connectivity index (χ1) is 15.0. The van der Waals surface area contributed by atoms with Crippen LogP contribution in [0.3, 0.4) is 0 Å². The summed E-state index contributed by atoms with van der Waals surface area (Å²) in [7, 11) is 0. The zero-order valence-electron chi connectivity index (χ0n) is 16.5. The lowest BCUT2D eigenvalue weighted by molar-refractivity contribution is -0.130. The van der Waals surface area contributed by atoms with E-state index < -0.39 is 24.2 Å². The number of benzene rings is 2. The number of amides is 3. The average molecular weight is 534 g/mol. The Hall–Kier alpha value is -2.86. The van der Waals surface area contributed by atoms with Gasteiger partial charge in [0.25, 0.3) is 5.91 Å². The molecular weight excluding hydrogens is 515 g/mol. The molecule has 5 rings (SSSR count). The molecule has 1 aromatic heterocycles. The lowest BCUT2D eigenvalue weighted by Gasteiger charge is -2.21. The molecule has 10 heteroatoms. The van der Waals surface area contributed by atoms with Crippen LogP contribution in [-0.4, -0.2) is 51.0 Å². The van der Waals surface area contributed by atoms with Gasteiger partial charge in [0.05, 0.1) is 12.1 Å². The SMILES string of the molecule is C[C@H]1On2c(nc3cc(I)ccc32)[C@H]1N1C(=O)N[C@H](c2ccc(OCCO)cc2)C1=O. The molecule has 2 N–H and O–H groups in total. The van der Waals surface area contributed by atoms with Gasteiger partial charge in [0, 0.05) is 3.57 Å². The van der Waals surface area contributed by atoms with Gasteiger partial charge in [-0.2, -0.15) is 4.73 Å². The van der Waals surface area contributed by atoms with Gasteiger partial charge < -0.3 is 20.0 Å². The fourth-order valence-corrected chi connectivity index (χ4v) is 4.48. The van der Waals surface area contributed by atoms with Gasteiger partial charge in [-0.1, -0.05) is 12.1 Å². The minimum Gasteiger partial charge on any atom is -0.491 e. The molecule has 0 bridgehead atoms. The van der Waals surface area contributed by atoms with E-state index in [9.17, 15) is 9.59 Å². The molecule has 1 saturated heterocycles. The summed E-state index contributed by atoms with van der Waals surface area (Å²) < 4.78 is 8.00. The summed E-state index contributed by atoms with van der Waals surface area (Å²) in [5.74, 6) is 0.749. The number of aromatic nitrogens is 2. The van der Waals surface area contributed by atoms with E-state index >= 15 is 0 Å². The number of halogens is 1. The largest absolute Gasteiger partial charge is 0.491 e. The van der Waals surface area contributed by atoms with Crippen LogP contribution in [0.2, 0.25) is 0 Å². The van der Waals surface area contributed by atoms with Crippen molar-refractivity contribution in [2.75, 3.05) is 13.2 Å². The van der Waals surface area contributed by atoms with E-state index in [1.165, 1.54) is 4.90 Å². The molecule has 2 aliphatic rings. The van der Waals surface area contributed by atoms with Crippen molar-refractivity contribution >= 4 is 45.6 Å². The second-order valence-corrected chi connectivity index (χ2v) is 8.63. The fraction of sp³-hybridized carbons (Fsp3) is 0.286. The van der Waals surface area contributed by atoms with E-state index in [2.05, 4.69) is 32.9 Å². The number of rotatable bonds is 5. The van der Waals surface area contributed by atoms with E-state index in [1.807, 2.05) is 25.1 Å². The van der Waals surface area contributed by atoms with Crippen molar-refractivity contribution in [2.45, 2.75) is 25.1 Å². The Morgan fingerprint density at radius 2 is 2.00 bits per heavy atom. The number of imide groups is 1. The van der Waals surface area contributed by atoms with Crippen LogP contribution in [-0.2, 0) is 4.79 Å². The van der Waals surface area contributed by atoms with Gasteiger partial charge in [-0.3, -0.25) is 4.79 Å². The molecule has 3 amide bonds. The highest BCUT2D eigenvalue weighted by Crippen LogP contribution is 2.37. The van der Waals surface area contributed by atoms with Gasteiger partial charge in [0.1, 0.15) is 30.0 Å². The molecule has 0 unspecified atom stereocenters. The van der Waals surface area contributed by atoms with Crippen LogP contribution in [0.5, 0.6) is 5.75 Å². The van der Waals surface area contributed by atoms with Crippen LogP contribution in [0.25, 0.3) is 11.0 Å². The van der Waals surface area contributed by atoms with Crippen molar-refractivity contribution < 1.29 is 24.3 Å². The van der Waals surface area contributed by atoms with Gasteiger partial charge >= 0.3 is 6.03 Å². The maximum atomic E-state index is 13.3. The Morgan fingerprint density at radius 3 is 2.74 bits per heavy atom. The molecule has 3 atom stereocenters. The molecule has 3 aromatic rings. The van der Waals surface area contributed by atoms with Crippen LogP contribution >= 0.6 is 22.6 Å². The molecule has 3 heterocycles. The van der Waals surface area contributed by atoms with E-state index in [-0.39, 0.29) is 19.1 Å². The van der Waals surface area contributed by atoms with Gasteiger partial charge in [-0.25, -0.2) is 14.7 Å². The quantitative estimate of drug-likeness (QED) is 0.384.